The van der Waals surface area contributed by atoms with Gasteiger partial charge in [0.2, 0.25) is 0 Å². The van der Waals surface area contributed by atoms with Gasteiger partial charge in [-0.05, 0) is 84.4 Å². The molecular weight excluding hydrogens is 460 g/mol. The van der Waals surface area contributed by atoms with E-state index in [2.05, 4.69) is 28.4 Å². The van der Waals surface area contributed by atoms with Crippen LogP contribution in [0.5, 0.6) is 0 Å². The van der Waals surface area contributed by atoms with Gasteiger partial charge in [0.1, 0.15) is 5.00 Å². The fourth-order valence-electron chi connectivity index (χ4n) is 5.96. The molecule has 2 N–H and O–H groups in total. The average Bonchev–Trinajstić information content (AvgIpc) is 3.41. The number of nitrogens with zero attached hydrogens (tertiary/aromatic N) is 1. The molecule has 2 bridgehead atoms. The van der Waals surface area contributed by atoms with Crippen molar-refractivity contribution in [2.45, 2.75) is 50.1 Å². The number of aryl methyl sites for hydroxylation is 1. The predicted octanol–water partition coefficient (Wildman–Crippen LogP) is 5.34. The number of fused-ring (bicyclic) bond motifs is 3. The molecule has 1 amide bonds. The molecule has 3 atom stereocenters. The van der Waals surface area contributed by atoms with Crippen molar-refractivity contribution in [2.75, 3.05) is 23.4 Å². The quantitative estimate of drug-likeness (QED) is 0.507. The lowest BCUT2D eigenvalue weighted by Gasteiger charge is -2.36. The van der Waals surface area contributed by atoms with Crippen molar-refractivity contribution in [1.29, 1.82) is 0 Å². The molecule has 35 heavy (non-hydrogen) atoms. The van der Waals surface area contributed by atoms with Gasteiger partial charge in [0.25, 0.3) is 5.91 Å². The molecule has 0 saturated carbocycles. The van der Waals surface area contributed by atoms with Crippen LogP contribution in [0.15, 0.2) is 53.9 Å². The van der Waals surface area contributed by atoms with Gasteiger partial charge in [-0.25, -0.2) is 4.79 Å². The maximum atomic E-state index is 13.0. The zero-order valence-corrected chi connectivity index (χ0v) is 20.2. The number of aromatic carboxylic acids is 1. The third kappa shape index (κ3) is 4.13. The van der Waals surface area contributed by atoms with Crippen LogP contribution in [-0.4, -0.2) is 42.3 Å². The Morgan fingerprint density at radius 3 is 2.40 bits per heavy atom. The van der Waals surface area contributed by atoms with Crippen molar-refractivity contribution < 1.29 is 19.4 Å². The van der Waals surface area contributed by atoms with Crippen molar-refractivity contribution >= 4 is 33.9 Å². The lowest BCUT2D eigenvalue weighted by atomic mass is 9.80. The zero-order chi connectivity index (χ0) is 23.9. The first-order chi connectivity index (χ1) is 17.1. The number of thiophene rings is 1. The Bertz CT molecular complexity index is 1250. The summed E-state index contributed by atoms with van der Waals surface area (Å²) in [6.07, 6.45) is 4.95. The number of amides is 1. The van der Waals surface area contributed by atoms with Gasteiger partial charge in [-0.15, -0.1) is 11.3 Å². The number of nitrogens with one attached hydrogen (secondary N) is 1. The number of hydrogen-bond donors (Lipinski definition) is 2. The smallest absolute Gasteiger partial charge is 0.339 e. The van der Waals surface area contributed by atoms with E-state index < -0.39 is 5.97 Å². The highest BCUT2D eigenvalue weighted by molar-refractivity contribution is 7.15. The summed E-state index contributed by atoms with van der Waals surface area (Å²) < 4.78 is 5.68. The fraction of sp³-hybridized carbons (Fsp3) is 0.357. The maximum absolute atomic E-state index is 13.0. The van der Waals surface area contributed by atoms with Crippen LogP contribution in [0.25, 0.3) is 0 Å². The molecule has 0 spiro atoms. The molecule has 1 aromatic heterocycles. The van der Waals surface area contributed by atoms with E-state index in [-0.39, 0.29) is 17.4 Å². The van der Waals surface area contributed by atoms with Crippen LogP contribution in [0.1, 0.15) is 62.6 Å². The van der Waals surface area contributed by atoms with E-state index in [1.165, 1.54) is 22.5 Å². The molecule has 180 valence electrons. The van der Waals surface area contributed by atoms with Crippen LogP contribution < -0.4 is 10.2 Å². The monoisotopic (exact) mass is 488 g/mol. The number of morpholine rings is 1. The largest absolute Gasteiger partial charge is 0.478 e. The van der Waals surface area contributed by atoms with Crippen molar-refractivity contribution in [3.05, 3.63) is 81.7 Å². The second-order valence-electron chi connectivity index (χ2n) is 9.74. The number of carboxylic acid groups (broad SMARTS) is 1. The Labute approximate surface area is 208 Å². The third-order valence-corrected chi connectivity index (χ3v) is 8.63. The molecule has 7 heteroatoms. The molecule has 2 fully saturated rings. The van der Waals surface area contributed by atoms with Gasteiger partial charge in [-0.2, -0.15) is 0 Å². The van der Waals surface area contributed by atoms with Gasteiger partial charge in [-0.1, -0.05) is 24.3 Å². The van der Waals surface area contributed by atoms with Gasteiger partial charge < -0.3 is 20.1 Å². The van der Waals surface area contributed by atoms with Crippen molar-refractivity contribution in [1.82, 2.24) is 0 Å². The normalized spacial score (nSPS) is 23.1. The number of rotatable bonds is 5. The Morgan fingerprint density at radius 2 is 1.69 bits per heavy atom. The van der Waals surface area contributed by atoms with Gasteiger partial charge in [0, 0.05) is 11.3 Å². The lowest BCUT2D eigenvalue weighted by Crippen LogP contribution is -2.45. The first-order valence-corrected chi connectivity index (χ1v) is 13.2. The van der Waals surface area contributed by atoms with E-state index in [1.54, 1.807) is 0 Å². The summed E-state index contributed by atoms with van der Waals surface area (Å²) in [4.78, 5) is 27.7. The van der Waals surface area contributed by atoms with Crippen LogP contribution in [0.4, 0.5) is 10.7 Å². The van der Waals surface area contributed by atoms with Gasteiger partial charge in [0.15, 0.2) is 0 Å². The summed E-state index contributed by atoms with van der Waals surface area (Å²) in [5.41, 5.74) is 5.31. The third-order valence-electron chi connectivity index (χ3n) is 7.72. The molecule has 2 aliphatic heterocycles. The van der Waals surface area contributed by atoms with Crippen molar-refractivity contribution in [2.24, 2.45) is 0 Å². The van der Waals surface area contributed by atoms with Gasteiger partial charge in [0.05, 0.1) is 30.9 Å². The van der Waals surface area contributed by atoms with E-state index in [4.69, 9.17) is 4.74 Å². The Balaban J connectivity index is 1.20. The molecule has 6 nitrogen and oxygen atoms in total. The van der Waals surface area contributed by atoms with E-state index in [0.717, 1.165) is 56.6 Å². The Kier molecular flexibility index (Phi) is 5.82. The minimum Gasteiger partial charge on any atom is -0.478 e. The van der Waals surface area contributed by atoms with Gasteiger partial charge >= 0.3 is 5.97 Å². The Hall–Kier alpha value is -3.16. The van der Waals surface area contributed by atoms with Crippen molar-refractivity contribution in [3.63, 3.8) is 0 Å². The maximum Gasteiger partial charge on any atom is 0.339 e. The van der Waals surface area contributed by atoms with Crippen molar-refractivity contribution in [3.8, 4) is 0 Å². The number of ether oxygens (including phenoxy) is 1. The Morgan fingerprint density at radius 1 is 0.971 bits per heavy atom. The molecular formula is C28H28N2O4S. The first-order valence-electron chi connectivity index (χ1n) is 12.3. The zero-order valence-electron chi connectivity index (χ0n) is 19.4. The van der Waals surface area contributed by atoms with E-state index in [0.29, 0.717) is 22.6 Å². The summed E-state index contributed by atoms with van der Waals surface area (Å²) in [5, 5.41) is 15.2. The molecule has 2 aromatic carbocycles. The summed E-state index contributed by atoms with van der Waals surface area (Å²) in [6.45, 7) is 1.51. The molecule has 3 heterocycles. The highest BCUT2D eigenvalue weighted by atomic mass is 32.1. The van der Waals surface area contributed by atoms with Crippen LogP contribution in [0.3, 0.4) is 0 Å². The topological polar surface area (TPSA) is 78.9 Å². The number of carbonyl (C=O) groups is 2. The van der Waals surface area contributed by atoms with Crippen LogP contribution in [-0.2, 0) is 17.6 Å². The molecule has 0 radical (unpaired) electrons. The number of carbonyl (C=O) groups excluding carboxylic acids is 1. The molecule has 2 saturated heterocycles. The summed E-state index contributed by atoms with van der Waals surface area (Å²) >= 11 is 1.30. The second-order valence-corrected chi connectivity index (χ2v) is 10.6. The number of benzene rings is 2. The van der Waals surface area contributed by atoms with Crippen LogP contribution >= 0.6 is 11.3 Å². The molecule has 1 aliphatic carbocycles. The second kappa shape index (κ2) is 9.13. The summed E-state index contributed by atoms with van der Waals surface area (Å²) in [7, 11) is 0. The number of hydrogen-bond acceptors (Lipinski definition) is 5. The molecule has 3 unspecified atom stereocenters. The average molecular weight is 489 g/mol. The van der Waals surface area contributed by atoms with E-state index in [1.807, 2.05) is 35.7 Å². The number of anilines is 2. The van der Waals surface area contributed by atoms with E-state index >= 15 is 0 Å². The highest BCUT2D eigenvalue weighted by Crippen LogP contribution is 2.40. The SMILES string of the molecule is O=C(Nc1scc(C2CCc3ccccc3C2)c1C(=O)O)c1ccc(N2C3CCC2COC3)cc1. The van der Waals surface area contributed by atoms with Crippen LogP contribution in [0.2, 0.25) is 0 Å². The highest BCUT2D eigenvalue weighted by Gasteiger charge is 2.37. The van der Waals surface area contributed by atoms with E-state index in [9.17, 15) is 14.7 Å². The summed E-state index contributed by atoms with van der Waals surface area (Å²) in [6, 6.07) is 16.8. The molecule has 3 aromatic rings. The van der Waals surface area contributed by atoms with Gasteiger partial charge in [-0.3, -0.25) is 4.79 Å². The minimum atomic E-state index is -0.992. The lowest BCUT2D eigenvalue weighted by molar-refractivity contribution is 0.0696. The molecule has 6 rings (SSSR count). The minimum absolute atomic E-state index is 0.140. The molecule has 3 aliphatic rings. The standard InChI is InChI=1S/C28H28N2O4S/c31-26(18-7-9-21(10-8-18)30-22-11-12-23(30)15-34-14-22)29-27-25(28(32)33)24(16-35-27)20-6-5-17-3-1-2-4-19(17)13-20/h1-4,7-10,16,20,22-23H,5-6,11-15H2,(H,29,31)(H,32,33). The number of carboxylic acids is 1. The van der Waals surface area contributed by atoms with Crippen LogP contribution in [0, 0.1) is 0 Å². The fourth-order valence-corrected chi connectivity index (χ4v) is 6.99. The summed E-state index contributed by atoms with van der Waals surface area (Å²) in [5.74, 6) is -1.14. The first kappa shape index (κ1) is 22.3. The predicted molar refractivity (Wildman–Crippen MR) is 137 cm³/mol.